The molecule has 5 nitrogen and oxygen atoms in total. The van der Waals surface area contributed by atoms with Gasteiger partial charge in [0, 0.05) is 30.0 Å². The van der Waals surface area contributed by atoms with Gasteiger partial charge in [0.05, 0.1) is 18.4 Å². The second kappa shape index (κ2) is 7.87. The van der Waals surface area contributed by atoms with Crippen LogP contribution >= 0.6 is 15.9 Å². The number of carbonyl (C=O) groups excluding carboxylic acids is 1. The molecule has 8 heteroatoms. The first kappa shape index (κ1) is 19.0. The van der Waals surface area contributed by atoms with Crippen LogP contribution in [0.4, 0.5) is 8.78 Å². The van der Waals surface area contributed by atoms with Gasteiger partial charge in [-0.3, -0.25) is 0 Å². The van der Waals surface area contributed by atoms with Crippen molar-refractivity contribution < 1.29 is 23.0 Å². The van der Waals surface area contributed by atoms with Gasteiger partial charge in [0.2, 0.25) is 0 Å². The predicted molar refractivity (Wildman–Crippen MR) is 98.4 cm³/mol. The molecule has 0 saturated heterocycles. The molecule has 140 valence electrons. The van der Waals surface area contributed by atoms with Gasteiger partial charge in [0.15, 0.2) is 0 Å². The van der Waals surface area contributed by atoms with Gasteiger partial charge in [-0.15, -0.1) is 0 Å². The van der Waals surface area contributed by atoms with Crippen molar-refractivity contribution in [2.24, 2.45) is 7.05 Å². The third-order valence-electron chi connectivity index (χ3n) is 3.80. The summed E-state index contributed by atoms with van der Waals surface area (Å²) in [6, 6.07) is 6.53. The van der Waals surface area contributed by atoms with Gasteiger partial charge in [-0.1, -0.05) is 0 Å². The van der Waals surface area contributed by atoms with Crippen LogP contribution in [0.15, 0.2) is 47.2 Å². The van der Waals surface area contributed by atoms with E-state index in [2.05, 4.69) is 20.9 Å². The van der Waals surface area contributed by atoms with Crippen molar-refractivity contribution in [2.75, 3.05) is 7.11 Å². The fourth-order valence-electron chi connectivity index (χ4n) is 2.61. The van der Waals surface area contributed by atoms with Crippen LogP contribution in [-0.4, -0.2) is 22.6 Å². The largest absolute Gasteiger partial charge is 0.487 e. The van der Waals surface area contributed by atoms with Crippen LogP contribution in [0, 0.1) is 11.6 Å². The smallest absolute Gasteiger partial charge is 0.339 e. The number of nitrogens with zero attached hydrogens (tertiary/aromatic N) is 2. The summed E-state index contributed by atoms with van der Waals surface area (Å²) in [6.07, 6.45) is 3.21. The molecule has 2 heterocycles. The Morgan fingerprint density at radius 2 is 1.89 bits per heavy atom. The maximum atomic E-state index is 13.4. The number of ether oxygens (including phenoxy) is 2. The van der Waals surface area contributed by atoms with Crippen molar-refractivity contribution in [3.8, 4) is 17.1 Å². The normalized spacial score (nSPS) is 10.7. The van der Waals surface area contributed by atoms with Crippen LogP contribution in [0.3, 0.4) is 0 Å². The molecular formula is C19H15BrF2N2O3. The second-order valence-corrected chi connectivity index (χ2v) is 6.70. The third-order valence-corrected chi connectivity index (χ3v) is 4.24. The van der Waals surface area contributed by atoms with Crippen LogP contribution < -0.4 is 4.74 Å². The first-order valence-corrected chi connectivity index (χ1v) is 8.65. The molecule has 0 saturated carbocycles. The number of rotatable bonds is 5. The number of benzene rings is 1. The average molecular weight is 437 g/mol. The molecule has 0 bridgehead atoms. The van der Waals surface area contributed by atoms with Gasteiger partial charge < -0.3 is 14.0 Å². The van der Waals surface area contributed by atoms with Crippen LogP contribution in [-0.2, 0) is 18.4 Å². The minimum atomic E-state index is -0.675. The number of carbonyl (C=O) groups is 1. The molecule has 3 aromatic rings. The molecule has 0 unspecified atom stereocenters. The minimum Gasteiger partial charge on any atom is -0.487 e. The molecule has 0 N–H and O–H groups in total. The van der Waals surface area contributed by atoms with Gasteiger partial charge >= 0.3 is 5.97 Å². The van der Waals surface area contributed by atoms with Crippen molar-refractivity contribution >= 4 is 21.9 Å². The zero-order chi connectivity index (χ0) is 19.6. The van der Waals surface area contributed by atoms with E-state index in [-0.39, 0.29) is 6.61 Å². The lowest BCUT2D eigenvalue weighted by molar-refractivity contribution is 0.0600. The highest BCUT2D eigenvalue weighted by Gasteiger charge is 2.17. The number of methoxy groups -OCH3 is 1. The summed E-state index contributed by atoms with van der Waals surface area (Å²) in [5.41, 5.74) is 1.83. The Balaban J connectivity index is 1.94. The SMILES string of the molecule is COC(=O)c1cc(-c2ncc(Br)cc2OCc2cc(F)cc(F)c2)n(C)c1. The number of aryl methyl sites for hydroxylation is 1. The number of halogens is 3. The Morgan fingerprint density at radius 1 is 1.19 bits per heavy atom. The molecule has 0 aliphatic rings. The van der Waals surface area contributed by atoms with E-state index in [0.717, 1.165) is 6.07 Å². The summed E-state index contributed by atoms with van der Waals surface area (Å²) in [5.74, 6) is -1.42. The topological polar surface area (TPSA) is 53.4 Å². The third kappa shape index (κ3) is 4.33. The van der Waals surface area contributed by atoms with Gasteiger partial charge in [-0.05, 0) is 45.8 Å². The number of hydrogen-bond donors (Lipinski definition) is 0. The van der Waals surface area contributed by atoms with Crippen molar-refractivity contribution in [3.05, 3.63) is 70.0 Å². The summed E-state index contributed by atoms with van der Waals surface area (Å²) >= 11 is 3.33. The fourth-order valence-corrected chi connectivity index (χ4v) is 2.92. The summed E-state index contributed by atoms with van der Waals surface area (Å²) in [4.78, 5) is 16.1. The van der Waals surface area contributed by atoms with E-state index in [9.17, 15) is 13.6 Å². The zero-order valence-corrected chi connectivity index (χ0v) is 16.1. The number of pyridine rings is 1. The Hall–Kier alpha value is -2.74. The van der Waals surface area contributed by atoms with Crippen molar-refractivity contribution in [3.63, 3.8) is 0 Å². The van der Waals surface area contributed by atoms with Crippen molar-refractivity contribution in [1.82, 2.24) is 9.55 Å². The van der Waals surface area contributed by atoms with Gasteiger partial charge in [-0.2, -0.15) is 0 Å². The van der Waals surface area contributed by atoms with E-state index in [4.69, 9.17) is 9.47 Å². The molecule has 1 aromatic carbocycles. The quantitative estimate of drug-likeness (QED) is 0.552. The van der Waals surface area contributed by atoms with Crippen LogP contribution in [0.25, 0.3) is 11.4 Å². The number of esters is 1. The summed E-state index contributed by atoms with van der Waals surface area (Å²) in [5, 5.41) is 0. The van der Waals surface area contributed by atoms with Gasteiger partial charge in [0.1, 0.15) is 29.7 Å². The lowest BCUT2D eigenvalue weighted by Crippen LogP contribution is -2.01. The van der Waals surface area contributed by atoms with Crippen molar-refractivity contribution in [1.29, 1.82) is 0 Å². The highest BCUT2D eigenvalue weighted by molar-refractivity contribution is 9.10. The van der Waals surface area contributed by atoms with Gasteiger partial charge in [0.25, 0.3) is 0 Å². The predicted octanol–water partition coefficient (Wildman–Crippen LogP) is 4.49. The summed E-state index contributed by atoms with van der Waals surface area (Å²) < 4.78 is 39.6. The van der Waals surface area contributed by atoms with Crippen molar-refractivity contribution in [2.45, 2.75) is 6.61 Å². The van der Waals surface area contributed by atoms with E-state index in [1.54, 1.807) is 36.1 Å². The zero-order valence-electron chi connectivity index (χ0n) is 14.5. The second-order valence-electron chi connectivity index (χ2n) is 5.78. The first-order valence-electron chi connectivity index (χ1n) is 7.85. The first-order chi connectivity index (χ1) is 12.9. The average Bonchev–Trinajstić information content (AvgIpc) is 3.00. The molecule has 0 spiro atoms. The Bertz CT molecular complexity index is 984. The maximum Gasteiger partial charge on any atom is 0.339 e. The lowest BCUT2D eigenvalue weighted by Gasteiger charge is -2.12. The Morgan fingerprint density at radius 3 is 2.56 bits per heavy atom. The summed E-state index contributed by atoms with van der Waals surface area (Å²) in [6.45, 7) is -0.0475. The molecule has 27 heavy (non-hydrogen) atoms. The van der Waals surface area contributed by atoms with E-state index < -0.39 is 17.6 Å². The van der Waals surface area contributed by atoms with E-state index in [0.29, 0.717) is 32.7 Å². The van der Waals surface area contributed by atoms with Crippen LogP contribution in [0.1, 0.15) is 15.9 Å². The molecule has 0 aliphatic carbocycles. The van der Waals surface area contributed by atoms with E-state index in [1.165, 1.54) is 19.2 Å². The molecule has 2 aromatic heterocycles. The Kier molecular flexibility index (Phi) is 5.55. The molecule has 0 atom stereocenters. The fraction of sp³-hybridized carbons (Fsp3) is 0.158. The minimum absolute atomic E-state index is 0.0475. The standard InChI is InChI=1S/C19H15BrF2N2O3/c1-24-9-12(19(25)26-2)5-16(24)18-17(6-13(20)8-23-18)27-10-11-3-14(21)7-15(22)4-11/h3-9H,10H2,1-2H3. The monoisotopic (exact) mass is 436 g/mol. The molecule has 0 fully saturated rings. The van der Waals surface area contributed by atoms with E-state index >= 15 is 0 Å². The number of aromatic nitrogens is 2. The van der Waals surface area contributed by atoms with E-state index in [1.807, 2.05) is 0 Å². The molecule has 0 aliphatic heterocycles. The lowest BCUT2D eigenvalue weighted by atomic mass is 10.2. The molecular weight excluding hydrogens is 422 g/mol. The number of hydrogen-bond acceptors (Lipinski definition) is 4. The Labute approximate surface area is 162 Å². The van der Waals surface area contributed by atoms with Gasteiger partial charge in [-0.25, -0.2) is 18.6 Å². The van der Waals surface area contributed by atoms with Crippen LogP contribution in [0.5, 0.6) is 5.75 Å². The molecule has 0 radical (unpaired) electrons. The summed E-state index contributed by atoms with van der Waals surface area (Å²) in [7, 11) is 3.07. The van der Waals surface area contributed by atoms with Crippen LogP contribution in [0.2, 0.25) is 0 Å². The maximum absolute atomic E-state index is 13.4. The molecule has 3 rings (SSSR count). The highest BCUT2D eigenvalue weighted by Crippen LogP contribution is 2.32. The molecule has 0 amide bonds. The highest BCUT2D eigenvalue weighted by atomic mass is 79.9.